The lowest BCUT2D eigenvalue weighted by atomic mass is 9.81. The van der Waals surface area contributed by atoms with E-state index in [1.807, 2.05) is 0 Å². The van der Waals surface area contributed by atoms with E-state index in [1.54, 1.807) is 44.2 Å². The molecule has 31 heavy (non-hydrogen) atoms. The van der Waals surface area contributed by atoms with Gasteiger partial charge in [-0.15, -0.1) is 0 Å². The van der Waals surface area contributed by atoms with Crippen molar-refractivity contribution in [2.24, 2.45) is 0 Å². The number of carbonyl (C=O) groups is 2. The van der Waals surface area contributed by atoms with Crippen LogP contribution in [0.15, 0.2) is 48.5 Å². The number of halogens is 3. The zero-order valence-corrected chi connectivity index (χ0v) is 17.8. The molecule has 1 heterocycles. The van der Waals surface area contributed by atoms with Crippen molar-refractivity contribution in [3.63, 3.8) is 0 Å². The van der Waals surface area contributed by atoms with Gasteiger partial charge in [0.15, 0.2) is 5.82 Å². The average Bonchev–Trinajstić information content (AvgIpc) is 3.16. The molecule has 0 saturated carbocycles. The Labute approximate surface area is 183 Å². The zero-order valence-electron chi connectivity index (χ0n) is 17.1. The van der Waals surface area contributed by atoms with Gasteiger partial charge in [-0.1, -0.05) is 37.6 Å². The standard InChI is InChI=1S/C22H21ClF2N4O2/c1-12(26-21(31)16-6-4-5-7-17(16)23)20(30)27-19-11-18(28-29-19)22(2,3)13-8-14(24)10-15(25)9-13/h4-12H,1-3H3,(H,26,31)(H2,27,28,29,30). The van der Waals surface area contributed by atoms with E-state index in [1.165, 1.54) is 19.1 Å². The molecule has 0 spiro atoms. The quantitative estimate of drug-likeness (QED) is 0.523. The number of amides is 2. The van der Waals surface area contributed by atoms with Gasteiger partial charge in [0.2, 0.25) is 5.91 Å². The molecule has 0 fully saturated rings. The van der Waals surface area contributed by atoms with Crippen molar-refractivity contribution >= 4 is 29.2 Å². The van der Waals surface area contributed by atoms with Crippen LogP contribution in [0.3, 0.4) is 0 Å². The Kier molecular flexibility index (Phi) is 6.40. The molecule has 1 aromatic heterocycles. The number of anilines is 1. The third-order valence-electron chi connectivity index (χ3n) is 4.95. The molecule has 3 N–H and O–H groups in total. The molecule has 1 atom stereocenters. The van der Waals surface area contributed by atoms with Crippen LogP contribution in [0.25, 0.3) is 0 Å². The van der Waals surface area contributed by atoms with Crippen LogP contribution in [0.2, 0.25) is 5.02 Å². The fraction of sp³-hybridized carbons (Fsp3) is 0.227. The number of hydrogen-bond acceptors (Lipinski definition) is 3. The van der Waals surface area contributed by atoms with Crippen molar-refractivity contribution in [1.82, 2.24) is 15.5 Å². The first-order valence-corrected chi connectivity index (χ1v) is 9.84. The summed E-state index contributed by atoms with van der Waals surface area (Å²) in [7, 11) is 0. The monoisotopic (exact) mass is 446 g/mol. The summed E-state index contributed by atoms with van der Waals surface area (Å²) in [5, 5.41) is 12.3. The van der Waals surface area contributed by atoms with Gasteiger partial charge in [0, 0.05) is 23.2 Å². The van der Waals surface area contributed by atoms with Crippen molar-refractivity contribution in [2.45, 2.75) is 32.2 Å². The highest BCUT2D eigenvalue weighted by Crippen LogP contribution is 2.32. The van der Waals surface area contributed by atoms with Gasteiger partial charge in [0.05, 0.1) is 10.6 Å². The van der Waals surface area contributed by atoms with Gasteiger partial charge in [-0.25, -0.2) is 8.78 Å². The fourth-order valence-electron chi connectivity index (χ4n) is 3.00. The number of rotatable bonds is 6. The normalized spacial score (nSPS) is 12.3. The number of aromatic amines is 1. The van der Waals surface area contributed by atoms with E-state index in [0.29, 0.717) is 11.3 Å². The lowest BCUT2D eigenvalue weighted by molar-refractivity contribution is -0.117. The SMILES string of the molecule is CC(NC(=O)c1ccccc1Cl)C(=O)Nc1cc(C(C)(C)c2cc(F)cc(F)c2)[nH]n1. The molecular formula is C22H21ClF2N4O2. The molecule has 162 valence electrons. The number of benzene rings is 2. The van der Waals surface area contributed by atoms with E-state index >= 15 is 0 Å². The Morgan fingerprint density at radius 2 is 1.74 bits per heavy atom. The molecule has 0 aliphatic carbocycles. The van der Waals surface area contributed by atoms with Crippen molar-refractivity contribution in [1.29, 1.82) is 0 Å². The maximum Gasteiger partial charge on any atom is 0.253 e. The lowest BCUT2D eigenvalue weighted by Gasteiger charge is -2.23. The molecule has 0 saturated heterocycles. The Hall–Kier alpha value is -3.26. The summed E-state index contributed by atoms with van der Waals surface area (Å²) in [6.45, 7) is 5.07. The summed E-state index contributed by atoms with van der Waals surface area (Å²) in [6, 6.07) is 10.5. The van der Waals surface area contributed by atoms with Crippen molar-refractivity contribution in [2.75, 3.05) is 5.32 Å². The first-order chi connectivity index (χ1) is 14.6. The van der Waals surface area contributed by atoms with Crippen LogP contribution >= 0.6 is 11.6 Å². The van der Waals surface area contributed by atoms with Crippen LogP contribution in [-0.4, -0.2) is 28.1 Å². The van der Waals surface area contributed by atoms with Crippen LogP contribution in [0.1, 0.15) is 42.4 Å². The third-order valence-corrected chi connectivity index (χ3v) is 5.28. The smallest absolute Gasteiger partial charge is 0.253 e. The summed E-state index contributed by atoms with van der Waals surface area (Å²) in [4.78, 5) is 24.8. The summed E-state index contributed by atoms with van der Waals surface area (Å²) in [6.07, 6.45) is 0. The molecule has 3 rings (SSSR count). The van der Waals surface area contributed by atoms with E-state index in [2.05, 4.69) is 20.8 Å². The second-order valence-corrected chi connectivity index (χ2v) is 8.02. The van der Waals surface area contributed by atoms with E-state index in [0.717, 1.165) is 6.07 Å². The highest BCUT2D eigenvalue weighted by atomic mass is 35.5. The number of H-pyrrole nitrogens is 1. The molecule has 0 bridgehead atoms. The molecule has 1 unspecified atom stereocenters. The van der Waals surface area contributed by atoms with Gasteiger partial charge in [0.1, 0.15) is 17.7 Å². The van der Waals surface area contributed by atoms with Crippen LogP contribution in [0, 0.1) is 11.6 Å². The van der Waals surface area contributed by atoms with Gasteiger partial charge in [0.25, 0.3) is 5.91 Å². The lowest BCUT2D eigenvalue weighted by Crippen LogP contribution is -2.41. The Morgan fingerprint density at radius 1 is 1.10 bits per heavy atom. The summed E-state index contributed by atoms with van der Waals surface area (Å²) < 4.78 is 27.3. The number of carbonyl (C=O) groups excluding carboxylic acids is 2. The van der Waals surface area contributed by atoms with Gasteiger partial charge < -0.3 is 10.6 Å². The number of nitrogens with one attached hydrogen (secondary N) is 3. The molecule has 0 aliphatic rings. The summed E-state index contributed by atoms with van der Waals surface area (Å²) in [5.74, 6) is -2.12. The fourth-order valence-corrected chi connectivity index (χ4v) is 3.22. The molecule has 2 aromatic carbocycles. The summed E-state index contributed by atoms with van der Waals surface area (Å²) in [5.41, 5.74) is 0.408. The third kappa shape index (κ3) is 5.08. The van der Waals surface area contributed by atoms with E-state index in [-0.39, 0.29) is 16.4 Å². The summed E-state index contributed by atoms with van der Waals surface area (Å²) >= 11 is 6.00. The highest BCUT2D eigenvalue weighted by Gasteiger charge is 2.27. The number of hydrogen-bond donors (Lipinski definition) is 3. The molecule has 0 radical (unpaired) electrons. The minimum atomic E-state index is -0.866. The molecule has 2 amide bonds. The van der Waals surface area contributed by atoms with Crippen molar-refractivity contribution in [3.8, 4) is 0 Å². The first-order valence-electron chi connectivity index (χ1n) is 9.46. The van der Waals surface area contributed by atoms with E-state index < -0.39 is 34.9 Å². The van der Waals surface area contributed by atoms with Crippen molar-refractivity contribution in [3.05, 3.63) is 82.0 Å². The molecule has 3 aromatic rings. The van der Waals surface area contributed by atoms with Gasteiger partial charge >= 0.3 is 0 Å². The zero-order chi connectivity index (χ0) is 22.8. The van der Waals surface area contributed by atoms with E-state index in [9.17, 15) is 18.4 Å². The van der Waals surface area contributed by atoms with Gasteiger partial charge in [-0.2, -0.15) is 5.10 Å². The predicted octanol–water partition coefficient (Wildman–Crippen LogP) is 4.42. The average molecular weight is 447 g/mol. The molecular weight excluding hydrogens is 426 g/mol. The van der Waals surface area contributed by atoms with Crippen LogP contribution in [0.4, 0.5) is 14.6 Å². The minimum absolute atomic E-state index is 0.212. The molecule has 9 heteroatoms. The highest BCUT2D eigenvalue weighted by molar-refractivity contribution is 6.33. The van der Waals surface area contributed by atoms with Crippen molar-refractivity contribution < 1.29 is 18.4 Å². The maximum absolute atomic E-state index is 13.6. The van der Waals surface area contributed by atoms with Gasteiger partial charge in [-0.3, -0.25) is 14.7 Å². The van der Waals surface area contributed by atoms with Crippen LogP contribution in [0.5, 0.6) is 0 Å². The molecule has 0 aliphatic heterocycles. The predicted molar refractivity (Wildman–Crippen MR) is 114 cm³/mol. The van der Waals surface area contributed by atoms with Crippen LogP contribution in [-0.2, 0) is 10.2 Å². The topological polar surface area (TPSA) is 86.9 Å². The maximum atomic E-state index is 13.6. The number of aromatic nitrogens is 2. The Bertz CT molecular complexity index is 1110. The second kappa shape index (κ2) is 8.85. The van der Waals surface area contributed by atoms with Crippen LogP contribution < -0.4 is 10.6 Å². The second-order valence-electron chi connectivity index (χ2n) is 7.61. The number of nitrogens with zero attached hydrogens (tertiary/aromatic N) is 1. The van der Waals surface area contributed by atoms with E-state index in [4.69, 9.17) is 11.6 Å². The largest absolute Gasteiger partial charge is 0.340 e. The molecule has 6 nitrogen and oxygen atoms in total. The minimum Gasteiger partial charge on any atom is -0.340 e. The Balaban J connectivity index is 1.69. The Morgan fingerprint density at radius 3 is 2.39 bits per heavy atom. The first kappa shape index (κ1) is 22.4. The van der Waals surface area contributed by atoms with Gasteiger partial charge in [-0.05, 0) is 36.8 Å².